The van der Waals surface area contributed by atoms with Crippen molar-refractivity contribution in [1.29, 1.82) is 5.26 Å². The van der Waals surface area contributed by atoms with Gasteiger partial charge in [-0.05, 0) is 30.3 Å². The van der Waals surface area contributed by atoms with Crippen LogP contribution in [-0.4, -0.2) is 6.05 Å². The third-order valence-electron chi connectivity index (χ3n) is 5.08. The van der Waals surface area contributed by atoms with Crippen molar-refractivity contribution in [2.75, 3.05) is 4.90 Å². The molecule has 2 heterocycles. The van der Waals surface area contributed by atoms with Crippen LogP contribution in [0, 0.1) is 11.3 Å². The first kappa shape index (κ1) is 16.7. The van der Waals surface area contributed by atoms with E-state index in [2.05, 4.69) is 0 Å². The van der Waals surface area contributed by atoms with E-state index in [-0.39, 0.29) is 5.56 Å². The van der Waals surface area contributed by atoms with Gasteiger partial charge in [-0.3, -0.25) is 4.90 Å². The number of halogens is 2. The van der Waals surface area contributed by atoms with Gasteiger partial charge in [-0.15, -0.1) is 0 Å². The fourth-order valence-electron chi connectivity index (χ4n) is 3.76. The molecule has 2 bridgehead atoms. The van der Waals surface area contributed by atoms with Crippen molar-refractivity contribution in [1.82, 2.24) is 0 Å². The lowest BCUT2D eigenvalue weighted by atomic mass is 10.0. The average molecular weight is 376 g/mol. The quantitative estimate of drug-likeness (QED) is 0.595. The van der Waals surface area contributed by atoms with Crippen LogP contribution in [0.15, 0.2) is 78.9 Å². The maximum absolute atomic E-state index is 15.9. The molecule has 2 aliphatic heterocycles. The van der Waals surface area contributed by atoms with Crippen molar-refractivity contribution < 1.29 is 18.3 Å². The molecule has 4 nitrogen and oxygen atoms in total. The third kappa shape index (κ3) is 2.11. The Bertz CT molecular complexity index is 1080. The number of alkyl halides is 2. The zero-order chi connectivity index (χ0) is 19.4. The van der Waals surface area contributed by atoms with Crippen molar-refractivity contribution in [2.24, 2.45) is 0 Å². The number of para-hydroxylation sites is 2. The maximum Gasteiger partial charge on any atom is 0.397 e. The second-order valence-corrected chi connectivity index (χ2v) is 6.66. The molecular weight excluding hydrogens is 362 g/mol. The molecule has 6 heteroatoms. The number of ether oxygens (including phenoxy) is 2. The van der Waals surface area contributed by atoms with E-state index in [0.717, 1.165) is 4.90 Å². The number of anilines is 1. The highest BCUT2D eigenvalue weighted by molar-refractivity contribution is 5.56. The predicted octanol–water partition coefficient (Wildman–Crippen LogP) is 4.93. The molecule has 138 valence electrons. The van der Waals surface area contributed by atoms with E-state index in [9.17, 15) is 0 Å². The minimum atomic E-state index is -3.51. The summed E-state index contributed by atoms with van der Waals surface area (Å²) in [6, 6.07) is 19.6. The molecule has 0 amide bonds. The number of hydrogen-bond donors (Lipinski definition) is 0. The largest absolute Gasteiger partial charge is 0.450 e. The fourth-order valence-corrected chi connectivity index (χ4v) is 3.76. The molecule has 1 saturated heterocycles. The standard InChI is InChI=1S/C22H14F2N2O2/c23-22(24)21(16-12-10-15(14-25)11-13-16)27-19-9-5-4-8-18(19)20(28-21)26(22)17-6-2-1-3-7-17/h1-13,20H/t20-,21-/m0/s1. The van der Waals surface area contributed by atoms with E-state index in [1.54, 1.807) is 54.6 Å². The molecule has 0 unspecified atom stereocenters. The zero-order valence-electron chi connectivity index (χ0n) is 14.5. The van der Waals surface area contributed by atoms with E-state index < -0.39 is 18.1 Å². The molecule has 2 atom stereocenters. The second kappa shape index (κ2) is 5.78. The molecule has 5 rings (SSSR count). The van der Waals surface area contributed by atoms with Gasteiger partial charge in [-0.1, -0.05) is 48.5 Å². The second-order valence-electron chi connectivity index (χ2n) is 6.66. The Kier molecular flexibility index (Phi) is 3.45. The highest BCUT2D eigenvalue weighted by Gasteiger charge is 2.73. The third-order valence-corrected chi connectivity index (χ3v) is 5.08. The van der Waals surface area contributed by atoms with Crippen LogP contribution in [0.1, 0.15) is 22.9 Å². The van der Waals surface area contributed by atoms with E-state index in [1.165, 1.54) is 24.3 Å². The number of nitriles is 1. The highest BCUT2D eigenvalue weighted by Crippen LogP contribution is 2.61. The van der Waals surface area contributed by atoms with Gasteiger partial charge in [0, 0.05) is 16.8 Å². The minimum absolute atomic E-state index is 0.148. The minimum Gasteiger partial charge on any atom is -0.450 e. The Morgan fingerprint density at radius 1 is 0.893 bits per heavy atom. The molecule has 28 heavy (non-hydrogen) atoms. The van der Waals surface area contributed by atoms with Crippen LogP contribution in [0.5, 0.6) is 5.75 Å². The van der Waals surface area contributed by atoms with Gasteiger partial charge in [-0.2, -0.15) is 14.0 Å². The van der Waals surface area contributed by atoms with E-state index in [4.69, 9.17) is 14.7 Å². The predicted molar refractivity (Wildman–Crippen MR) is 97.6 cm³/mol. The molecular formula is C22H14F2N2O2. The first-order valence-corrected chi connectivity index (χ1v) is 8.75. The molecule has 0 aliphatic carbocycles. The van der Waals surface area contributed by atoms with Gasteiger partial charge in [-0.25, -0.2) is 0 Å². The Balaban J connectivity index is 1.74. The van der Waals surface area contributed by atoms with Gasteiger partial charge >= 0.3 is 11.8 Å². The van der Waals surface area contributed by atoms with Crippen molar-refractivity contribution in [3.8, 4) is 11.8 Å². The molecule has 0 saturated carbocycles. The van der Waals surface area contributed by atoms with Gasteiger partial charge in [0.2, 0.25) is 0 Å². The van der Waals surface area contributed by atoms with Gasteiger partial charge in [0.15, 0.2) is 6.23 Å². The number of hydrogen-bond acceptors (Lipinski definition) is 4. The highest BCUT2D eigenvalue weighted by atomic mass is 19.3. The lowest BCUT2D eigenvalue weighted by molar-refractivity contribution is -0.280. The molecule has 3 aromatic carbocycles. The van der Waals surface area contributed by atoms with Crippen molar-refractivity contribution in [3.63, 3.8) is 0 Å². The van der Waals surface area contributed by atoms with Crippen molar-refractivity contribution in [2.45, 2.75) is 18.1 Å². The number of nitrogens with zero attached hydrogens (tertiary/aromatic N) is 2. The fraction of sp³-hybridized carbons (Fsp3) is 0.136. The molecule has 3 aromatic rings. The Labute approximate surface area is 160 Å². The van der Waals surface area contributed by atoms with Crippen LogP contribution < -0.4 is 9.64 Å². The van der Waals surface area contributed by atoms with Crippen LogP contribution in [0.25, 0.3) is 0 Å². The summed E-state index contributed by atoms with van der Waals surface area (Å²) in [6.07, 6.45) is -1.02. The van der Waals surface area contributed by atoms with Crippen LogP contribution in [0.2, 0.25) is 0 Å². The zero-order valence-corrected chi connectivity index (χ0v) is 14.5. The summed E-state index contributed by atoms with van der Waals surface area (Å²) >= 11 is 0. The Morgan fingerprint density at radius 3 is 2.29 bits per heavy atom. The first-order valence-electron chi connectivity index (χ1n) is 8.75. The van der Waals surface area contributed by atoms with Crippen LogP contribution in [-0.2, 0) is 10.5 Å². The number of benzene rings is 3. The molecule has 0 N–H and O–H groups in total. The number of fused-ring (bicyclic) bond motifs is 4. The lowest BCUT2D eigenvalue weighted by Crippen LogP contribution is -2.53. The van der Waals surface area contributed by atoms with Crippen molar-refractivity contribution >= 4 is 5.69 Å². The molecule has 0 radical (unpaired) electrons. The van der Waals surface area contributed by atoms with Gasteiger partial charge in [0.1, 0.15) is 5.75 Å². The molecule has 1 fully saturated rings. The molecule has 2 aliphatic rings. The van der Waals surface area contributed by atoms with Gasteiger partial charge in [0.25, 0.3) is 0 Å². The Morgan fingerprint density at radius 2 is 1.57 bits per heavy atom. The summed E-state index contributed by atoms with van der Waals surface area (Å²) in [7, 11) is 0. The summed E-state index contributed by atoms with van der Waals surface area (Å²) in [4.78, 5) is 0.955. The summed E-state index contributed by atoms with van der Waals surface area (Å²) in [5, 5.41) is 9.02. The average Bonchev–Trinajstić information content (AvgIpc) is 2.92. The van der Waals surface area contributed by atoms with E-state index >= 15 is 8.78 Å². The SMILES string of the molecule is N#Cc1ccc([C@]23Oc4ccccc4[C@H](O2)N(c2ccccc2)C3(F)F)cc1. The molecule has 0 spiro atoms. The Hall–Kier alpha value is -3.43. The van der Waals surface area contributed by atoms with Gasteiger partial charge in [0.05, 0.1) is 11.6 Å². The summed E-state index contributed by atoms with van der Waals surface area (Å²) < 4.78 is 43.7. The normalized spacial score (nSPS) is 24.2. The first-order chi connectivity index (χ1) is 13.6. The lowest BCUT2D eigenvalue weighted by Gasteiger charge is -2.36. The van der Waals surface area contributed by atoms with Crippen molar-refractivity contribution in [3.05, 3.63) is 95.6 Å². The maximum atomic E-state index is 15.9. The van der Waals surface area contributed by atoms with Crippen LogP contribution >= 0.6 is 0 Å². The number of rotatable bonds is 2. The van der Waals surface area contributed by atoms with Gasteiger partial charge < -0.3 is 9.47 Å². The summed E-state index contributed by atoms with van der Waals surface area (Å²) in [5.41, 5.74) is 1.38. The van der Waals surface area contributed by atoms with E-state index in [1.807, 2.05) is 6.07 Å². The van der Waals surface area contributed by atoms with E-state index in [0.29, 0.717) is 22.6 Å². The topological polar surface area (TPSA) is 45.5 Å². The van der Waals surface area contributed by atoms with Crippen LogP contribution in [0.3, 0.4) is 0 Å². The molecule has 0 aromatic heterocycles. The summed E-state index contributed by atoms with van der Waals surface area (Å²) in [6.45, 7) is 0. The summed E-state index contributed by atoms with van der Waals surface area (Å²) in [5.74, 6) is -1.98. The van der Waals surface area contributed by atoms with Crippen LogP contribution in [0.4, 0.5) is 14.5 Å². The monoisotopic (exact) mass is 376 g/mol. The smallest absolute Gasteiger partial charge is 0.397 e.